The predicted octanol–water partition coefficient (Wildman–Crippen LogP) is 2.97. The molecule has 0 bridgehead atoms. The number of nitrogens with one attached hydrogen (secondary N) is 6. The number of carbonyl (C=O) groups is 16. The number of hydrogen-bond donors (Lipinski definition) is 8. The third-order valence-corrected chi connectivity index (χ3v) is 25.3. The fourth-order valence-corrected chi connectivity index (χ4v) is 17.5. The minimum Gasteiger partial charge on any atom is -0.505 e. The average molecular weight is 1790 g/mol. The number of hydrogen-bond acceptors (Lipinski definition) is 24. The Balaban J connectivity index is 0.000000237. The number of fused-ring (bicyclic) bond motifs is 4. The van der Waals surface area contributed by atoms with E-state index in [1.54, 1.807) is 74.5 Å². The number of esters is 2. The highest BCUT2D eigenvalue weighted by Gasteiger charge is 2.52. The molecule has 0 radical (unpaired) electrons. The van der Waals surface area contributed by atoms with Crippen molar-refractivity contribution in [2.75, 3.05) is 73.1 Å². The highest BCUT2D eigenvalue weighted by Crippen LogP contribution is 2.33. The van der Waals surface area contributed by atoms with Gasteiger partial charge in [-0.3, -0.25) is 72.0 Å². The molecule has 13 rings (SSSR count). The summed E-state index contributed by atoms with van der Waals surface area (Å²) in [6, 6.07) is 21.4. The quantitative estimate of drug-likeness (QED) is 0.0727. The van der Waals surface area contributed by atoms with Crippen LogP contribution in [0.5, 0.6) is 11.5 Å². The summed E-state index contributed by atoms with van der Waals surface area (Å²) in [6.45, 7) is 13.7. The van der Waals surface area contributed by atoms with Crippen molar-refractivity contribution in [2.24, 2.45) is 5.92 Å². The number of Topliss-reactive ketones (excluding diaryl/α,β-unsaturated/α-hetero) is 2. The van der Waals surface area contributed by atoms with Crippen molar-refractivity contribution in [1.82, 2.24) is 76.2 Å². The molecule has 690 valence electrons. The summed E-state index contributed by atoms with van der Waals surface area (Å²) in [6.07, 6.45) is 0.329. The van der Waals surface area contributed by atoms with Gasteiger partial charge in [0.05, 0.1) is 13.2 Å². The van der Waals surface area contributed by atoms with Gasteiger partial charge in [0.1, 0.15) is 95.2 Å². The van der Waals surface area contributed by atoms with Crippen LogP contribution < -0.4 is 31.9 Å². The summed E-state index contributed by atoms with van der Waals surface area (Å²) in [5, 5.41) is 36.7. The van der Waals surface area contributed by atoms with Crippen LogP contribution in [-0.2, 0) is 94.2 Å². The number of pyridine rings is 2. The molecule has 4 aromatic carbocycles. The summed E-state index contributed by atoms with van der Waals surface area (Å²) in [5.41, 5.74) is 1.39. The third kappa shape index (κ3) is 22.3. The van der Waals surface area contributed by atoms with E-state index in [1.165, 1.54) is 101 Å². The Labute approximate surface area is 752 Å². The molecule has 7 fully saturated rings. The Hall–Kier alpha value is -13.4. The van der Waals surface area contributed by atoms with E-state index in [9.17, 15) is 82.1 Å². The maximum atomic E-state index is 15.5. The van der Waals surface area contributed by atoms with Crippen LogP contribution in [0, 0.1) is 19.8 Å². The number of nitrogens with zero attached hydrogens (tertiary/aromatic N) is 9. The first-order chi connectivity index (χ1) is 62.2. The second kappa shape index (κ2) is 42.7. The third-order valence-electron chi connectivity index (χ3n) is 25.3. The molecule has 7 aliphatic heterocycles. The summed E-state index contributed by atoms with van der Waals surface area (Å²) in [7, 11) is 2.97. The van der Waals surface area contributed by atoms with E-state index in [4.69, 9.17) is 14.2 Å². The number of ketones is 2. The first-order valence-electron chi connectivity index (χ1n) is 44.0. The van der Waals surface area contributed by atoms with Gasteiger partial charge in [0.15, 0.2) is 23.5 Å². The SMILES string of the molecule is CC[C@@H]1NC(=O)[C@@H](NC(=O)c2ncccc2O)[C@@H](C)OC(=O)[C@H](c2ccccc2)NC(=O)[C@@H]2CC(=O)CCN2C(=O)[C@H](Cc2ccc(C)cc2)N(C)C(=O)[C@@H]2CCCN2C1=O.CC[C@]1(C)NC(=O)[C@@H](NC(=O)c2ncccc2O)[C@@H](C)OC(=O)[C@H](c2ccccc2)NC(=O)[C@@H]2CC(=O)C(CN3CCOCC3)CN2C(=O)[C@H](Cc2ccc(C)cc2)N(C)C(=O)[C@@H]2CCCN2C1=O. The highest BCUT2D eigenvalue weighted by atomic mass is 16.6. The minimum absolute atomic E-state index is 0.0257. The number of cyclic esters (lactones) is 2. The van der Waals surface area contributed by atoms with Gasteiger partial charge >= 0.3 is 11.9 Å². The van der Waals surface area contributed by atoms with Crippen molar-refractivity contribution in [2.45, 2.75) is 203 Å². The lowest BCUT2D eigenvalue weighted by Crippen LogP contribution is -2.65. The number of likely N-dealkylation sites (N-methyl/N-ethyl adjacent to an activating group) is 2. The number of aromatic nitrogens is 2. The van der Waals surface area contributed by atoms with Crippen LogP contribution in [0.15, 0.2) is 146 Å². The molecule has 12 amide bonds. The molecule has 0 saturated carbocycles. The van der Waals surface area contributed by atoms with Gasteiger partial charge in [-0.15, -0.1) is 0 Å². The van der Waals surface area contributed by atoms with Crippen molar-refractivity contribution in [1.29, 1.82) is 0 Å². The molecule has 8 N–H and O–H groups in total. The van der Waals surface area contributed by atoms with Crippen LogP contribution in [-0.4, -0.2) is 294 Å². The van der Waals surface area contributed by atoms with Crippen LogP contribution >= 0.6 is 0 Å². The van der Waals surface area contributed by atoms with Crippen LogP contribution in [0.25, 0.3) is 0 Å². The number of benzene rings is 4. The Morgan fingerprint density at radius 2 is 0.962 bits per heavy atom. The number of amides is 12. The van der Waals surface area contributed by atoms with Crippen LogP contribution in [0.3, 0.4) is 0 Å². The molecule has 0 spiro atoms. The molecule has 36 nitrogen and oxygen atoms in total. The zero-order chi connectivity index (χ0) is 93.5. The average Bonchev–Trinajstić information content (AvgIpc) is 1.57. The van der Waals surface area contributed by atoms with Crippen molar-refractivity contribution < 1.29 is 101 Å². The standard InChI is InChI=1S/C50H62N8O11.C44H51N7O10/c1-6-50(4)49(67)57-21-11-14-35(57)46(64)55(5)37(26-32-18-16-30(2)17-19-32)47(65)58-29-34(28-56-22-24-68-25-23-56)39(60)27-36(58)43(61)53-41(33-12-8-7-9-13-33)48(66)69-31(3)40(45(63)54-50)52-44(62)42-38(59)15-10-20-51-42;1-5-30-41(57)50-21-10-13-31(50)42(58)49(4)33(23-27-17-15-25(2)16-18-27)43(59)51-22-19-29(52)24-32(51)38(54)48-36(28-11-7-6-8-12-28)44(60)61-26(3)35(39(55)46-30)47-40(56)37-34(53)14-9-20-45-37/h7-10,12-13,15-20,31,34-37,40-41,59H,6,11,14,21-29H2,1-5H3,(H,52,62)(H,53,61)(H,54,63);6-9,11-12,14-18,20,26,30-33,35-36,53H,5,10,13,19,21-24H2,1-4H3,(H,46,55)(H,47,56)(H,48,54)/t31-,34?,35+,36+,37+,40+,41+,50+;26-,30+,31+,32+,33+,35+,36+/m11/s1. The van der Waals surface area contributed by atoms with Crippen molar-refractivity contribution in [3.8, 4) is 11.5 Å². The first kappa shape index (κ1) is 95.7. The fourth-order valence-electron chi connectivity index (χ4n) is 17.5. The van der Waals surface area contributed by atoms with E-state index in [0.29, 0.717) is 45.7 Å². The number of aromatic hydroxyl groups is 2. The van der Waals surface area contributed by atoms with E-state index >= 15 is 4.79 Å². The highest BCUT2D eigenvalue weighted by molar-refractivity contribution is 6.05. The van der Waals surface area contributed by atoms with Gasteiger partial charge < -0.3 is 85.7 Å². The lowest BCUT2D eigenvalue weighted by Gasteiger charge is -2.43. The molecule has 1 unspecified atom stereocenters. The fraction of sp³-hybridized carbons (Fsp3) is 0.468. The maximum absolute atomic E-state index is 15.5. The Morgan fingerprint density at radius 3 is 1.44 bits per heavy atom. The van der Waals surface area contributed by atoms with Gasteiger partial charge in [-0.25, -0.2) is 19.6 Å². The van der Waals surface area contributed by atoms with E-state index in [0.717, 1.165) is 22.3 Å². The van der Waals surface area contributed by atoms with E-state index < -0.39 is 202 Å². The van der Waals surface area contributed by atoms with E-state index in [2.05, 4.69) is 46.8 Å². The number of ether oxygens (including phenoxy) is 3. The van der Waals surface area contributed by atoms with Gasteiger partial charge in [0, 0.05) is 110 Å². The molecule has 7 aliphatic rings. The first-order valence-corrected chi connectivity index (χ1v) is 44.0. The Bertz CT molecular complexity index is 5220. The van der Waals surface area contributed by atoms with Crippen LogP contribution in [0.2, 0.25) is 0 Å². The number of aryl methyl sites for hydroxylation is 2. The number of morpholine rings is 1. The minimum atomic E-state index is -1.71. The topological polar surface area (TPSA) is 462 Å². The summed E-state index contributed by atoms with van der Waals surface area (Å²) < 4.78 is 17.3. The molecule has 15 atom stereocenters. The van der Waals surface area contributed by atoms with Gasteiger partial charge in [0.25, 0.3) is 11.8 Å². The monoisotopic (exact) mass is 1790 g/mol. The summed E-state index contributed by atoms with van der Waals surface area (Å²) >= 11 is 0. The number of piperidine rings is 2. The Kier molecular flexibility index (Phi) is 31.4. The number of carbonyl (C=O) groups excluding carboxylic acids is 16. The maximum Gasteiger partial charge on any atom is 0.333 e. The zero-order valence-electron chi connectivity index (χ0n) is 74.3. The van der Waals surface area contributed by atoms with Gasteiger partial charge in [-0.05, 0) is 120 Å². The van der Waals surface area contributed by atoms with Crippen molar-refractivity contribution in [3.63, 3.8) is 0 Å². The van der Waals surface area contributed by atoms with Crippen LogP contribution in [0.1, 0.15) is 159 Å². The predicted molar refractivity (Wildman–Crippen MR) is 467 cm³/mol. The van der Waals surface area contributed by atoms with Crippen molar-refractivity contribution in [3.05, 3.63) is 191 Å². The number of rotatable bonds is 14. The van der Waals surface area contributed by atoms with E-state index in [1.807, 2.05) is 62.4 Å². The van der Waals surface area contributed by atoms with E-state index in [-0.39, 0.29) is 100 Å². The molecule has 7 saturated heterocycles. The molecule has 36 heteroatoms. The second-order valence-electron chi connectivity index (χ2n) is 34.3. The largest absolute Gasteiger partial charge is 0.505 e. The second-order valence-corrected chi connectivity index (χ2v) is 34.3. The zero-order valence-corrected chi connectivity index (χ0v) is 74.3. The molecule has 130 heavy (non-hydrogen) atoms. The molecular weight excluding hydrogens is 1680 g/mol. The van der Waals surface area contributed by atoms with Crippen LogP contribution in [0.4, 0.5) is 0 Å². The smallest absolute Gasteiger partial charge is 0.333 e. The molecule has 0 aliphatic carbocycles. The lowest BCUT2D eigenvalue weighted by atomic mass is 9.88. The molecule has 2 aromatic heterocycles. The van der Waals surface area contributed by atoms with Gasteiger partial charge in [0.2, 0.25) is 59.1 Å². The molecule has 9 heterocycles. The Morgan fingerprint density at radius 1 is 0.508 bits per heavy atom. The lowest BCUT2D eigenvalue weighted by molar-refractivity contribution is -0.158. The molecular formula is C94H113N15O21. The summed E-state index contributed by atoms with van der Waals surface area (Å²) in [4.78, 5) is 248. The van der Waals surface area contributed by atoms with Crippen molar-refractivity contribution >= 4 is 94.4 Å². The van der Waals surface area contributed by atoms with Gasteiger partial charge in [-0.1, -0.05) is 134 Å². The summed E-state index contributed by atoms with van der Waals surface area (Å²) in [5.74, 6) is -13.3. The van der Waals surface area contributed by atoms with Gasteiger partial charge in [-0.2, -0.15) is 0 Å². The normalized spacial score (nSPS) is 27.1. The molecule has 6 aromatic rings.